The molecule has 6 rings (SSSR count). The fraction of sp³-hybridized carbons (Fsp3) is 0.0513. The van der Waals surface area contributed by atoms with Crippen molar-refractivity contribution in [3.63, 3.8) is 0 Å². The van der Waals surface area contributed by atoms with Crippen LogP contribution < -0.4 is 26.4 Å². The predicted molar refractivity (Wildman–Crippen MR) is 202 cm³/mol. The first-order valence-corrected chi connectivity index (χ1v) is 19.5. The molecule has 0 N–H and O–H groups in total. The first-order valence-electron chi connectivity index (χ1n) is 17.2. The summed E-state index contributed by atoms with van der Waals surface area (Å²) >= 11 is 9.27. The van der Waals surface area contributed by atoms with Gasteiger partial charge in [0.1, 0.15) is 52.7 Å². The van der Waals surface area contributed by atoms with E-state index in [1.54, 1.807) is 41.2 Å². The van der Waals surface area contributed by atoms with Gasteiger partial charge in [-0.2, -0.15) is 4.57 Å². The van der Waals surface area contributed by atoms with E-state index in [0.717, 1.165) is 0 Å². The van der Waals surface area contributed by atoms with Gasteiger partial charge in [-0.15, -0.1) is 21.9 Å². The summed E-state index contributed by atoms with van der Waals surface area (Å²) < 4.78 is 300. The highest BCUT2D eigenvalue weighted by molar-refractivity contribution is 9.39. The minimum atomic E-state index is -7.22. The van der Waals surface area contributed by atoms with Crippen molar-refractivity contribution in [3.05, 3.63) is 182 Å². The van der Waals surface area contributed by atoms with Gasteiger partial charge >= 0.3 is 5.97 Å². The van der Waals surface area contributed by atoms with E-state index in [1.165, 1.54) is 0 Å². The molecule has 0 atom stereocenters. The van der Waals surface area contributed by atoms with Crippen molar-refractivity contribution in [2.75, 3.05) is 0 Å². The lowest BCUT2D eigenvalue weighted by atomic mass is 9.12. The molecule has 0 amide bonds. The molecule has 0 aliphatic carbocycles. The van der Waals surface area contributed by atoms with Gasteiger partial charge in [0.25, 0.3) is 2.33 Å². The topological polar surface area (TPSA) is 47.2 Å². The van der Waals surface area contributed by atoms with Gasteiger partial charge in [0, 0.05) is 17.7 Å². The Kier molecular flexibility index (Phi) is 15.4. The zero-order chi connectivity index (χ0) is 50.5. The van der Waals surface area contributed by atoms with Gasteiger partial charge in [0.2, 0.25) is 12.3 Å². The highest BCUT2D eigenvalue weighted by Crippen LogP contribution is 2.35. The van der Waals surface area contributed by atoms with E-state index < -0.39 is 153 Å². The van der Waals surface area contributed by atoms with E-state index >= 15 is 35.1 Å². The summed E-state index contributed by atoms with van der Waals surface area (Å²) in [7, 11) is 0. The summed E-state index contributed by atoms with van der Waals surface area (Å²) in [4.78, 5) is 23.9. The number of carbonyl (C=O) groups is 2. The second kappa shape index (κ2) is 19.6. The minimum absolute atomic E-state index is 0.00122. The molecule has 0 aliphatic rings. The number of rotatable bonds is 8. The molecule has 67 heavy (non-hydrogen) atoms. The van der Waals surface area contributed by atoms with Crippen LogP contribution in [-0.4, -0.2) is 20.2 Å². The van der Waals surface area contributed by atoms with E-state index in [9.17, 15) is 62.3 Å². The van der Waals surface area contributed by atoms with Gasteiger partial charge in [0.05, 0.1) is 5.56 Å². The molecular weight excluding hydrogens is 1160 g/mol. The molecule has 4 nitrogen and oxygen atoms in total. The van der Waals surface area contributed by atoms with Crippen molar-refractivity contribution in [2.45, 2.75) is 8.87 Å². The summed E-state index contributed by atoms with van der Waals surface area (Å²) in [5.41, 5.74) is -13.3. The maximum atomic E-state index is 15.4. The molecule has 0 radical (unpaired) electrons. The highest BCUT2D eigenvalue weighted by Gasteiger charge is 2.52. The zero-order valence-electron chi connectivity index (χ0n) is 31.3. The third kappa shape index (κ3) is 9.26. The van der Waals surface area contributed by atoms with Crippen LogP contribution in [0.1, 0.15) is 20.7 Å². The number of Topliss-reactive ketones (excluding diaryl/α,β-unsaturated/α-hetero) is 1. The summed E-state index contributed by atoms with van der Waals surface area (Å²) in [6, 6.07) is 12.3. The SMILES string of the molecule is Fc1c(F)c(F)c([B-](c2c(F)c(F)c(F)c(F)c2F)(c2c(F)c(F)c(F)c(F)c2F)c2c(F)c(F)c(F)c(F)c2F)c(F)c1F.O=C(C[n+]1ccc(C(=O)OC(Br)(Br)Br)cc1)c1ccccc1. The fourth-order valence-electron chi connectivity index (χ4n) is 6.62. The second-order valence-electron chi connectivity index (χ2n) is 13.2. The van der Waals surface area contributed by atoms with Crippen molar-refractivity contribution >= 4 is 87.5 Å². The molecule has 5 aromatic carbocycles. The second-order valence-corrected chi connectivity index (χ2v) is 19.7. The molecule has 0 unspecified atom stereocenters. The van der Waals surface area contributed by atoms with Crippen LogP contribution in [0.25, 0.3) is 0 Å². The van der Waals surface area contributed by atoms with Gasteiger partial charge in [-0.1, -0.05) is 30.3 Å². The molecule has 0 bridgehead atoms. The number of benzene rings is 5. The summed E-state index contributed by atoms with van der Waals surface area (Å²) in [5, 5.41) is 0. The van der Waals surface area contributed by atoms with Crippen molar-refractivity contribution in [1.29, 1.82) is 0 Å². The smallest absolute Gasteiger partial charge is 0.341 e. The standard InChI is InChI=1S/C24BF20.C15H11Br3NO3/c26-5-1(6(27)14(35)21(42)13(5)34)25(2-7(28)15(36)22(43)16(37)8(2)29,3-9(30)17(38)23(44)18(39)10(3)31)4-11(32)19(40)24(45)20(41)12(4)33;16-15(17,18)22-14(21)12-6-8-19(9-7-12)10-13(20)11-4-2-1-3-5-11/h;1-9H,10H2/q-1;+1. The summed E-state index contributed by atoms with van der Waals surface area (Å²) in [5.74, 6) is -71.9. The summed E-state index contributed by atoms with van der Waals surface area (Å²) in [6.45, 7) is 0.207. The normalized spacial score (nSPS) is 11.7. The van der Waals surface area contributed by atoms with Gasteiger partial charge in [0.15, 0.2) is 82.2 Å². The lowest BCUT2D eigenvalue weighted by Crippen LogP contribution is -2.81. The molecule has 354 valence electrons. The predicted octanol–water partition coefficient (Wildman–Crippen LogP) is 9.66. The molecule has 1 aromatic heterocycles. The molecule has 0 saturated heterocycles. The van der Waals surface area contributed by atoms with Gasteiger partial charge in [-0.05, 0) is 47.8 Å². The molecule has 0 aliphatic heterocycles. The van der Waals surface area contributed by atoms with Crippen molar-refractivity contribution in [1.82, 2.24) is 0 Å². The average Bonchev–Trinajstić information content (AvgIpc) is 3.29. The Morgan fingerprint density at radius 2 is 0.657 bits per heavy atom. The Balaban J connectivity index is 0.000000319. The maximum absolute atomic E-state index is 15.4. The number of aromatic nitrogens is 1. The number of esters is 1. The fourth-order valence-corrected chi connectivity index (χ4v) is 7.06. The van der Waals surface area contributed by atoms with Crippen LogP contribution in [0.3, 0.4) is 0 Å². The van der Waals surface area contributed by atoms with E-state index in [2.05, 4.69) is 47.8 Å². The molecule has 28 heteroatoms. The Morgan fingerprint density at radius 3 is 0.910 bits per heavy atom. The molecule has 0 fully saturated rings. The Hall–Kier alpha value is -5.51. The molecule has 6 aromatic rings. The number of ether oxygens (including phenoxy) is 1. The van der Waals surface area contributed by atoms with Crippen LogP contribution in [0.5, 0.6) is 0 Å². The number of alkyl halides is 3. The maximum Gasteiger partial charge on any atom is 0.341 e. The Bertz CT molecular complexity index is 2610. The van der Waals surface area contributed by atoms with E-state index in [0.29, 0.717) is 11.1 Å². The number of halogens is 23. The Labute approximate surface area is 384 Å². The number of hydrogen-bond donors (Lipinski definition) is 0. The molecular formula is C39H11BBr3F20NO3. The summed E-state index contributed by atoms with van der Waals surface area (Å²) in [6.07, 6.45) is -3.89. The lowest BCUT2D eigenvalue weighted by molar-refractivity contribution is -0.683. The van der Waals surface area contributed by atoms with Crippen LogP contribution >= 0.6 is 47.8 Å². The monoisotopic (exact) mass is 1170 g/mol. The molecule has 1 heterocycles. The van der Waals surface area contributed by atoms with Crippen LogP contribution in [-0.2, 0) is 11.3 Å². The lowest BCUT2D eigenvalue weighted by Gasteiger charge is -2.44. The van der Waals surface area contributed by atoms with Gasteiger partial charge < -0.3 is 4.74 Å². The first kappa shape index (κ1) is 52.5. The van der Waals surface area contributed by atoms with Gasteiger partial charge in [-0.25, -0.2) is 92.6 Å². The number of hydrogen-bond acceptors (Lipinski definition) is 3. The quantitative estimate of drug-likeness (QED) is 0.0223. The third-order valence-electron chi connectivity index (χ3n) is 9.46. The van der Waals surface area contributed by atoms with E-state index in [1.807, 2.05) is 18.2 Å². The van der Waals surface area contributed by atoms with Crippen LogP contribution in [0.2, 0.25) is 0 Å². The number of pyridine rings is 1. The largest absolute Gasteiger partial charge is 0.423 e. The number of carbonyl (C=O) groups excluding carboxylic acids is 2. The zero-order valence-corrected chi connectivity index (χ0v) is 36.1. The molecule has 0 saturated carbocycles. The van der Waals surface area contributed by atoms with Crippen molar-refractivity contribution in [2.24, 2.45) is 0 Å². The Morgan fingerprint density at radius 1 is 0.403 bits per heavy atom. The highest BCUT2D eigenvalue weighted by atomic mass is 80.0. The first-order chi connectivity index (χ1) is 31.1. The van der Waals surface area contributed by atoms with E-state index in [4.69, 9.17) is 4.74 Å². The van der Waals surface area contributed by atoms with Crippen LogP contribution in [0.4, 0.5) is 87.8 Å². The van der Waals surface area contributed by atoms with Crippen LogP contribution in [0, 0.1) is 116 Å². The van der Waals surface area contributed by atoms with Crippen molar-refractivity contribution < 1.29 is 107 Å². The minimum Gasteiger partial charge on any atom is -0.423 e. The third-order valence-corrected chi connectivity index (χ3v) is 9.95. The molecule has 0 spiro atoms. The average molecular weight is 1170 g/mol. The van der Waals surface area contributed by atoms with Gasteiger partial charge in [-0.3, -0.25) is 4.79 Å². The van der Waals surface area contributed by atoms with Crippen LogP contribution in [0.15, 0.2) is 54.9 Å². The number of nitrogens with zero attached hydrogens (tertiary/aromatic N) is 1. The van der Waals surface area contributed by atoms with E-state index in [-0.39, 0.29) is 12.3 Å². The number of ketones is 1. The van der Waals surface area contributed by atoms with Crippen molar-refractivity contribution in [3.8, 4) is 0 Å².